The Hall–Kier alpha value is -2.32. The van der Waals surface area contributed by atoms with Gasteiger partial charge in [-0.15, -0.1) is 11.8 Å². The molecule has 34 heavy (non-hydrogen) atoms. The van der Waals surface area contributed by atoms with Crippen LogP contribution < -0.4 is 5.32 Å². The molecule has 0 aliphatic heterocycles. The van der Waals surface area contributed by atoms with Crippen LogP contribution in [-0.2, 0) is 0 Å². The van der Waals surface area contributed by atoms with Crippen LogP contribution in [0.15, 0.2) is 35.5 Å². The number of amides is 1. The van der Waals surface area contributed by atoms with Crippen molar-refractivity contribution in [3.8, 4) is 5.69 Å². The highest BCUT2D eigenvalue weighted by Crippen LogP contribution is 2.55. The maximum Gasteiger partial charge on any atom is 0.335 e. The number of aliphatic hydroxyl groups is 1. The van der Waals surface area contributed by atoms with E-state index in [9.17, 15) is 19.8 Å². The first-order valence-electron chi connectivity index (χ1n) is 12.5. The molecule has 7 rings (SSSR count). The fourth-order valence-electron chi connectivity index (χ4n) is 7.15. The highest BCUT2D eigenvalue weighted by molar-refractivity contribution is 8.00. The number of carboxylic acids is 1. The first kappa shape index (κ1) is 22.2. The molecule has 5 saturated carbocycles. The van der Waals surface area contributed by atoms with Crippen LogP contribution in [0.3, 0.4) is 0 Å². The monoisotopic (exact) mass is 481 g/mol. The smallest absolute Gasteiger partial charge is 0.335 e. The van der Waals surface area contributed by atoms with E-state index in [1.54, 1.807) is 46.9 Å². The average Bonchev–Trinajstić information content (AvgIpc) is 3.45. The number of nitrogens with zero attached hydrogens (tertiary/aromatic N) is 2. The quantitative estimate of drug-likeness (QED) is 0.569. The van der Waals surface area contributed by atoms with Gasteiger partial charge in [0.25, 0.3) is 5.91 Å². The van der Waals surface area contributed by atoms with Crippen molar-refractivity contribution in [3.05, 3.63) is 41.6 Å². The highest BCUT2D eigenvalue weighted by atomic mass is 32.2. The summed E-state index contributed by atoms with van der Waals surface area (Å²) in [6.45, 7) is 0. The molecule has 1 aromatic heterocycles. The summed E-state index contributed by atoms with van der Waals surface area (Å²) in [5.74, 6) is 0.251. The van der Waals surface area contributed by atoms with Gasteiger partial charge in [-0.05, 0) is 87.0 Å². The summed E-state index contributed by atoms with van der Waals surface area (Å²) in [6.07, 6.45) is 11.0. The zero-order valence-electron chi connectivity index (χ0n) is 19.2. The van der Waals surface area contributed by atoms with Crippen LogP contribution in [-0.4, -0.2) is 48.8 Å². The van der Waals surface area contributed by atoms with E-state index in [4.69, 9.17) is 0 Å². The highest BCUT2D eigenvalue weighted by Gasteiger charge is 2.55. The molecule has 5 aliphatic rings. The number of aromatic nitrogens is 2. The standard InChI is InChI=1S/C26H31N3O4S/c30-23(28-22-17-9-15-10-18(22)13-26(33,11-15)12-17)21-14-27-29(24(21)34-20-3-1-2-4-20)19-7-5-16(6-8-19)25(31)32/h5-8,14-15,17-18,20,22,33H,1-4,9-13H2,(H,28,30)(H,31,32)/t15?,17?,18?,22-,26+. The normalized spacial score (nSPS) is 32.3. The Labute approximate surface area is 203 Å². The van der Waals surface area contributed by atoms with Gasteiger partial charge in [0.1, 0.15) is 5.03 Å². The third-order valence-corrected chi connectivity index (χ3v) is 9.87. The van der Waals surface area contributed by atoms with Gasteiger partial charge < -0.3 is 15.5 Å². The number of hydrogen-bond donors (Lipinski definition) is 3. The van der Waals surface area contributed by atoms with E-state index in [1.165, 1.54) is 12.8 Å². The molecular formula is C26H31N3O4S. The zero-order valence-corrected chi connectivity index (χ0v) is 20.0. The molecule has 5 aliphatic carbocycles. The minimum Gasteiger partial charge on any atom is -0.478 e. The van der Waals surface area contributed by atoms with E-state index in [0.29, 0.717) is 28.6 Å². The second-order valence-electron chi connectivity index (χ2n) is 10.8. The fourth-order valence-corrected chi connectivity index (χ4v) is 8.56. The number of nitrogens with one attached hydrogen (secondary N) is 1. The van der Waals surface area contributed by atoms with Crippen LogP contribution in [0.1, 0.15) is 78.5 Å². The minimum absolute atomic E-state index is 0.0848. The van der Waals surface area contributed by atoms with Crippen LogP contribution in [0.25, 0.3) is 5.69 Å². The van der Waals surface area contributed by atoms with E-state index < -0.39 is 11.6 Å². The molecule has 180 valence electrons. The molecule has 2 atom stereocenters. The van der Waals surface area contributed by atoms with Crippen molar-refractivity contribution in [1.82, 2.24) is 15.1 Å². The number of carboxylic acid groups (broad SMARTS) is 1. The Morgan fingerprint density at radius 1 is 1.06 bits per heavy atom. The van der Waals surface area contributed by atoms with E-state index in [2.05, 4.69) is 10.4 Å². The molecule has 5 fully saturated rings. The summed E-state index contributed by atoms with van der Waals surface area (Å²) in [5.41, 5.74) is 1.05. The number of rotatable bonds is 6. The Balaban J connectivity index is 1.28. The van der Waals surface area contributed by atoms with Gasteiger partial charge in [-0.25, -0.2) is 9.48 Å². The third-order valence-electron chi connectivity index (χ3n) is 8.45. The van der Waals surface area contributed by atoms with Crippen molar-refractivity contribution >= 4 is 23.6 Å². The Kier molecular flexibility index (Phi) is 5.48. The first-order valence-corrected chi connectivity index (χ1v) is 13.4. The second-order valence-corrected chi connectivity index (χ2v) is 12.1. The lowest BCUT2D eigenvalue weighted by atomic mass is 9.52. The van der Waals surface area contributed by atoms with Gasteiger partial charge in [-0.2, -0.15) is 5.10 Å². The number of benzene rings is 1. The lowest BCUT2D eigenvalue weighted by Gasteiger charge is -2.58. The summed E-state index contributed by atoms with van der Waals surface area (Å²) in [6, 6.07) is 6.75. The van der Waals surface area contributed by atoms with E-state index in [-0.39, 0.29) is 17.5 Å². The van der Waals surface area contributed by atoms with E-state index >= 15 is 0 Å². The molecule has 0 saturated heterocycles. The van der Waals surface area contributed by atoms with Crippen molar-refractivity contribution in [1.29, 1.82) is 0 Å². The lowest BCUT2D eigenvalue weighted by Crippen LogP contribution is -2.61. The van der Waals surface area contributed by atoms with Gasteiger partial charge in [0.2, 0.25) is 0 Å². The fraction of sp³-hybridized carbons (Fsp3) is 0.577. The van der Waals surface area contributed by atoms with Crippen molar-refractivity contribution in [2.45, 2.75) is 79.7 Å². The van der Waals surface area contributed by atoms with Gasteiger partial charge in [0.15, 0.2) is 0 Å². The minimum atomic E-state index is -0.965. The van der Waals surface area contributed by atoms with Gasteiger partial charge in [0, 0.05) is 11.3 Å². The average molecular weight is 482 g/mol. The van der Waals surface area contributed by atoms with Crippen molar-refractivity contribution in [2.75, 3.05) is 0 Å². The summed E-state index contributed by atoms with van der Waals surface area (Å²) in [5, 5.41) is 29.3. The summed E-state index contributed by atoms with van der Waals surface area (Å²) in [7, 11) is 0. The molecule has 1 heterocycles. The summed E-state index contributed by atoms with van der Waals surface area (Å²) < 4.78 is 1.78. The number of thioether (sulfide) groups is 1. The molecule has 2 aromatic rings. The zero-order chi connectivity index (χ0) is 23.4. The Morgan fingerprint density at radius 3 is 2.35 bits per heavy atom. The largest absolute Gasteiger partial charge is 0.478 e. The molecule has 3 N–H and O–H groups in total. The SMILES string of the molecule is O=C(O)c1ccc(-n2ncc(C(=O)N[C@H]3C4CC5CC3C[C@@](O)(C5)C4)c2SC2CCCC2)cc1. The van der Waals surface area contributed by atoms with Gasteiger partial charge >= 0.3 is 5.97 Å². The van der Waals surface area contributed by atoms with Crippen molar-refractivity contribution in [3.63, 3.8) is 0 Å². The number of aromatic carboxylic acids is 1. The maximum atomic E-state index is 13.6. The Bertz CT molecular complexity index is 1090. The molecule has 7 nitrogen and oxygen atoms in total. The molecule has 0 spiro atoms. The Morgan fingerprint density at radius 2 is 1.74 bits per heavy atom. The van der Waals surface area contributed by atoms with E-state index in [1.807, 2.05) is 0 Å². The molecule has 1 amide bonds. The number of hydrogen-bond acceptors (Lipinski definition) is 5. The number of carbonyl (C=O) groups is 2. The van der Waals surface area contributed by atoms with Gasteiger partial charge in [-0.1, -0.05) is 12.8 Å². The topological polar surface area (TPSA) is 104 Å². The molecular weight excluding hydrogens is 450 g/mol. The first-order chi connectivity index (χ1) is 16.4. The third kappa shape index (κ3) is 3.94. The molecule has 4 bridgehead atoms. The predicted molar refractivity (Wildman–Crippen MR) is 128 cm³/mol. The van der Waals surface area contributed by atoms with Gasteiger partial charge in [-0.3, -0.25) is 4.79 Å². The molecule has 8 heteroatoms. The lowest BCUT2D eigenvalue weighted by molar-refractivity contribution is -0.136. The van der Waals surface area contributed by atoms with Crippen molar-refractivity contribution < 1.29 is 19.8 Å². The van der Waals surface area contributed by atoms with Crippen LogP contribution in [0.2, 0.25) is 0 Å². The van der Waals surface area contributed by atoms with Crippen LogP contribution in [0, 0.1) is 17.8 Å². The molecule has 0 radical (unpaired) electrons. The van der Waals surface area contributed by atoms with Crippen LogP contribution in [0.5, 0.6) is 0 Å². The summed E-state index contributed by atoms with van der Waals surface area (Å²) >= 11 is 1.72. The maximum absolute atomic E-state index is 13.6. The number of carbonyl (C=O) groups excluding carboxylic acids is 1. The van der Waals surface area contributed by atoms with Crippen LogP contribution in [0.4, 0.5) is 0 Å². The van der Waals surface area contributed by atoms with E-state index in [0.717, 1.165) is 55.7 Å². The molecule has 1 aromatic carbocycles. The molecule has 2 unspecified atom stereocenters. The second kappa shape index (κ2) is 8.41. The van der Waals surface area contributed by atoms with Crippen molar-refractivity contribution in [2.24, 2.45) is 17.8 Å². The van der Waals surface area contributed by atoms with Crippen LogP contribution >= 0.6 is 11.8 Å². The predicted octanol–water partition coefficient (Wildman–Crippen LogP) is 4.27. The summed E-state index contributed by atoms with van der Waals surface area (Å²) in [4.78, 5) is 24.8. The van der Waals surface area contributed by atoms with Gasteiger partial charge in [0.05, 0.1) is 28.6 Å².